The van der Waals surface area contributed by atoms with E-state index in [1.807, 2.05) is 59.5 Å². The van der Waals surface area contributed by atoms with Crippen LogP contribution < -0.4 is 15.2 Å². The summed E-state index contributed by atoms with van der Waals surface area (Å²) in [5.41, 5.74) is 2.60. The van der Waals surface area contributed by atoms with E-state index in [-0.39, 0.29) is 11.5 Å². The number of ether oxygens (including phenoxy) is 1. The molecule has 2 heterocycles. The fraction of sp³-hybridized carbons (Fsp3) is 0.192. The first-order valence-corrected chi connectivity index (χ1v) is 11.5. The van der Waals surface area contributed by atoms with Gasteiger partial charge in [-0.3, -0.25) is 14.2 Å². The first-order chi connectivity index (χ1) is 16.6. The number of hydrogen-bond donors (Lipinski definition) is 1. The molecule has 0 bridgehead atoms. The first kappa shape index (κ1) is 21.9. The second-order valence-electron chi connectivity index (χ2n) is 8.12. The summed E-state index contributed by atoms with van der Waals surface area (Å²) in [5, 5.41) is 0.481. The lowest BCUT2D eigenvalue weighted by molar-refractivity contribution is 0.0747. The number of carbonyl (C=O) groups excluding carboxylic acids is 1. The Morgan fingerprint density at radius 1 is 0.941 bits per heavy atom. The minimum atomic E-state index is -0.214. The number of carbonyl (C=O) groups is 1. The van der Waals surface area contributed by atoms with Gasteiger partial charge in [-0.1, -0.05) is 30.3 Å². The molecule has 8 heteroatoms. The maximum Gasteiger partial charge on any atom is 0.266 e. The smallest absolute Gasteiger partial charge is 0.266 e. The molecule has 0 spiro atoms. The van der Waals surface area contributed by atoms with Crippen molar-refractivity contribution in [1.29, 1.82) is 0 Å². The number of nitrogens with zero attached hydrogens (tertiary/aromatic N) is 3. The zero-order valence-electron chi connectivity index (χ0n) is 18.7. The number of aromatic amines is 1. The Kier molecular flexibility index (Phi) is 5.90. The van der Waals surface area contributed by atoms with Crippen LogP contribution in [-0.4, -0.2) is 53.6 Å². The third kappa shape index (κ3) is 3.97. The third-order valence-electron chi connectivity index (χ3n) is 6.15. The molecule has 7 nitrogen and oxygen atoms in total. The number of piperazine rings is 1. The van der Waals surface area contributed by atoms with Crippen LogP contribution in [0.5, 0.6) is 5.75 Å². The Balaban J connectivity index is 1.38. The molecule has 0 atom stereocenters. The molecule has 1 aliphatic heterocycles. The Morgan fingerprint density at radius 2 is 1.65 bits per heavy atom. The average molecular weight is 473 g/mol. The van der Waals surface area contributed by atoms with Gasteiger partial charge >= 0.3 is 0 Å². The lowest BCUT2D eigenvalue weighted by Crippen LogP contribution is -2.48. The molecule has 1 saturated heterocycles. The molecular weight excluding hydrogens is 448 g/mol. The van der Waals surface area contributed by atoms with Crippen molar-refractivity contribution in [3.63, 3.8) is 0 Å². The summed E-state index contributed by atoms with van der Waals surface area (Å²) < 4.78 is 7.24. The third-order valence-corrected chi connectivity index (χ3v) is 6.44. The molecule has 1 fully saturated rings. The molecule has 1 aromatic heterocycles. The highest BCUT2D eigenvalue weighted by Crippen LogP contribution is 2.28. The van der Waals surface area contributed by atoms with Gasteiger partial charge in [0.1, 0.15) is 5.75 Å². The van der Waals surface area contributed by atoms with Crippen LogP contribution >= 0.6 is 12.2 Å². The first-order valence-electron chi connectivity index (χ1n) is 11.1. The Labute approximate surface area is 201 Å². The molecule has 3 aromatic carbocycles. The number of amides is 1. The van der Waals surface area contributed by atoms with Crippen LogP contribution in [0.1, 0.15) is 10.4 Å². The van der Waals surface area contributed by atoms with Crippen LogP contribution in [0.3, 0.4) is 0 Å². The van der Waals surface area contributed by atoms with Crippen molar-refractivity contribution < 1.29 is 9.53 Å². The molecule has 4 aromatic rings. The van der Waals surface area contributed by atoms with Crippen molar-refractivity contribution in [2.45, 2.75) is 0 Å². The number of fused-ring (bicyclic) bond motifs is 1. The molecule has 172 valence electrons. The minimum Gasteiger partial charge on any atom is -0.495 e. The zero-order valence-corrected chi connectivity index (χ0v) is 19.5. The van der Waals surface area contributed by atoms with Crippen molar-refractivity contribution in [1.82, 2.24) is 14.5 Å². The normalized spacial score (nSPS) is 13.8. The Morgan fingerprint density at radius 3 is 2.38 bits per heavy atom. The number of rotatable bonds is 4. The number of benzene rings is 3. The van der Waals surface area contributed by atoms with Crippen LogP contribution in [0.25, 0.3) is 16.6 Å². The molecule has 1 amide bonds. The molecule has 0 saturated carbocycles. The predicted octanol–water partition coefficient (Wildman–Crippen LogP) is 4.02. The van der Waals surface area contributed by atoms with Gasteiger partial charge in [-0.25, -0.2) is 0 Å². The monoisotopic (exact) mass is 472 g/mol. The van der Waals surface area contributed by atoms with Gasteiger partial charge < -0.3 is 19.5 Å². The van der Waals surface area contributed by atoms with Crippen LogP contribution in [0.4, 0.5) is 5.69 Å². The Bertz CT molecular complexity index is 1470. The van der Waals surface area contributed by atoms with E-state index in [0.717, 1.165) is 11.4 Å². The van der Waals surface area contributed by atoms with Crippen molar-refractivity contribution in [2.24, 2.45) is 0 Å². The van der Waals surface area contributed by atoms with E-state index >= 15 is 0 Å². The maximum absolute atomic E-state index is 13.2. The molecule has 0 unspecified atom stereocenters. The van der Waals surface area contributed by atoms with Gasteiger partial charge in [0.25, 0.3) is 11.5 Å². The molecule has 0 aliphatic carbocycles. The van der Waals surface area contributed by atoms with Gasteiger partial charge in [-0.2, -0.15) is 0 Å². The summed E-state index contributed by atoms with van der Waals surface area (Å²) in [7, 11) is 1.66. The largest absolute Gasteiger partial charge is 0.495 e. The maximum atomic E-state index is 13.2. The summed E-state index contributed by atoms with van der Waals surface area (Å²) >= 11 is 5.46. The summed E-state index contributed by atoms with van der Waals surface area (Å²) in [4.78, 5) is 33.5. The highest BCUT2D eigenvalue weighted by Gasteiger charge is 2.24. The van der Waals surface area contributed by atoms with E-state index in [2.05, 4.69) is 9.88 Å². The summed E-state index contributed by atoms with van der Waals surface area (Å²) in [6.45, 7) is 2.62. The molecule has 0 radical (unpaired) electrons. The van der Waals surface area contributed by atoms with Crippen LogP contribution in [-0.2, 0) is 0 Å². The second-order valence-corrected chi connectivity index (χ2v) is 8.50. The number of nitrogens with one attached hydrogen (secondary N) is 1. The van der Waals surface area contributed by atoms with Crippen molar-refractivity contribution in [3.05, 3.63) is 93.5 Å². The molecule has 34 heavy (non-hydrogen) atoms. The number of hydrogen-bond acceptors (Lipinski definition) is 5. The Hall–Kier alpha value is -3.91. The van der Waals surface area contributed by atoms with Crippen molar-refractivity contribution >= 4 is 34.7 Å². The van der Waals surface area contributed by atoms with E-state index in [1.165, 1.54) is 4.57 Å². The number of anilines is 1. The second kappa shape index (κ2) is 9.15. The average Bonchev–Trinajstić information content (AvgIpc) is 2.88. The number of aromatic nitrogens is 2. The highest BCUT2D eigenvalue weighted by atomic mass is 32.1. The highest BCUT2D eigenvalue weighted by molar-refractivity contribution is 7.71. The lowest BCUT2D eigenvalue weighted by Gasteiger charge is -2.36. The summed E-state index contributed by atoms with van der Waals surface area (Å²) in [6.07, 6.45) is 0. The fourth-order valence-corrected chi connectivity index (χ4v) is 4.68. The predicted molar refractivity (Wildman–Crippen MR) is 136 cm³/mol. The number of para-hydroxylation sites is 3. The van der Waals surface area contributed by atoms with E-state index < -0.39 is 0 Å². The van der Waals surface area contributed by atoms with Gasteiger partial charge in [0.05, 0.1) is 29.4 Å². The molecular formula is C26H24N4O3S. The van der Waals surface area contributed by atoms with Crippen molar-refractivity contribution in [3.8, 4) is 11.4 Å². The van der Waals surface area contributed by atoms with Gasteiger partial charge in [0, 0.05) is 31.7 Å². The molecule has 1 N–H and O–H groups in total. The van der Waals surface area contributed by atoms with Gasteiger partial charge in [0.15, 0.2) is 4.77 Å². The van der Waals surface area contributed by atoms with Gasteiger partial charge in [-0.05, 0) is 54.7 Å². The quantitative estimate of drug-likeness (QED) is 0.455. The standard InChI is InChI=1S/C26H24N4O3S/c1-33-23-10-6-5-9-22(23)28-13-15-29(16-14-28)24(31)18-11-12-20-21(17-18)27-26(34)30(25(20)32)19-7-3-2-4-8-19/h2-12,17H,13-16H2,1H3,(H,27,34). The lowest BCUT2D eigenvalue weighted by atomic mass is 10.1. The number of H-pyrrole nitrogens is 1. The van der Waals surface area contributed by atoms with E-state index in [1.54, 1.807) is 25.3 Å². The topological polar surface area (TPSA) is 70.6 Å². The van der Waals surface area contributed by atoms with E-state index in [9.17, 15) is 9.59 Å². The van der Waals surface area contributed by atoms with Crippen LogP contribution in [0, 0.1) is 4.77 Å². The van der Waals surface area contributed by atoms with E-state index in [0.29, 0.717) is 53.1 Å². The minimum absolute atomic E-state index is 0.0619. The number of methoxy groups -OCH3 is 1. The van der Waals surface area contributed by atoms with E-state index in [4.69, 9.17) is 17.0 Å². The SMILES string of the molecule is COc1ccccc1N1CCN(C(=O)c2ccc3c(=O)n(-c4ccccc4)c(=S)[nH]c3c2)CC1. The van der Waals surface area contributed by atoms with Gasteiger partial charge in [-0.15, -0.1) is 0 Å². The van der Waals surface area contributed by atoms with Crippen LogP contribution in [0.2, 0.25) is 0 Å². The zero-order chi connectivity index (χ0) is 23.7. The van der Waals surface area contributed by atoms with Crippen LogP contribution in [0.15, 0.2) is 77.6 Å². The molecule has 5 rings (SSSR count). The summed E-state index contributed by atoms with van der Waals surface area (Å²) in [5.74, 6) is 0.765. The molecule has 1 aliphatic rings. The van der Waals surface area contributed by atoms with Crippen molar-refractivity contribution in [2.75, 3.05) is 38.2 Å². The summed E-state index contributed by atoms with van der Waals surface area (Å²) in [6, 6.07) is 22.3. The van der Waals surface area contributed by atoms with Gasteiger partial charge in [0.2, 0.25) is 0 Å². The fourth-order valence-electron chi connectivity index (χ4n) is 4.39.